The number of rotatable bonds is 6. The number of pyridine rings is 1. The minimum Gasteiger partial charge on any atom is -0.355 e. The van der Waals surface area contributed by atoms with Crippen molar-refractivity contribution in [2.45, 2.75) is 42.7 Å². The first-order valence-corrected chi connectivity index (χ1v) is 11.4. The molecule has 1 atom stereocenters. The lowest BCUT2D eigenvalue weighted by molar-refractivity contribution is -0.126. The summed E-state index contributed by atoms with van der Waals surface area (Å²) in [6.07, 6.45) is 5.14. The highest BCUT2D eigenvalue weighted by Crippen LogP contribution is 2.28. The number of hydrogen-bond donors (Lipinski definition) is 1. The lowest BCUT2D eigenvalue weighted by Gasteiger charge is -2.32. The van der Waals surface area contributed by atoms with Gasteiger partial charge in [-0.25, -0.2) is 0 Å². The van der Waals surface area contributed by atoms with Crippen molar-refractivity contribution in [2.75, 3.05) is 18.0 Å². The van der Waals surface area contributed by atoms with E-state index in [2.05, 4.69) is 56.6 Å². The molecule has 1 fully saturated rings. The van der Waals surface area contributed by atoms with Gasteiger partial charge < -0.3 is 10.2 Å². The van der Waals surface area contributed by atoms with Gasteiger partial charge in [-0.05, 0) is 68.7 Å². The first-order chi connectivity index (χ1) is 15.1. The van der Waals surface area contributed by atoms with Crippen molar-refractivity contribution in [2.24, 2.45) is 5.92 Å². The molecule has 6 nitrogen and oxygen atoms in total. The van der Waals surface area contributed by atoms with Crippen LogP contribution in [0.5, 0.6) is 0 Å². The van der Waals surface area contributed by atoms with Crippen LogP contribution in [0.1, 0.15) is 36.9 Å². The Morgan fingerprint density at radius 3 is 2.39 bits per heavy atom. The summed E-state index contributed by atoms with van der Waals surface area (Å²) in [4.78, 5) is 20.1. The van der Waals surface area contributed by atoms with Gasteiger partial charge in [0.25, 0.3) is 0 Å². The molecule has 0 spiro atoms. The monoisotopic (exact) mass is 433 g/mol. The van der Waals surface area contributed by atoms with Crippen molar-refractivity contribution >= 4 is 23.5 Å². The average molecular weight is 434 g/mol. The minimum absolute atomic E-state index is 0.0158. The summed E-state index contributed by atoms with van der Waals surface area (Å²) in [6.45, 7) is 5.70. The Labute approximate surface area is 187 Å². The van der Waals surface area contributed by atoms with E-state index in [1.165, 1.54) is 5.56 Å². The maximum absolute atomic E-state index is 12.7. The molecule has 160 valence electrons. The standard InChI is InChI=1S/C24H27N5OS/c1-17-3-5-21(6-4-17)31-23-8-7-22(27-28-23)29-15-11-20(12-16-29)24(30)26-18(2)19-9-13-25-14-10-19/h3-10,13-14,18,20H,11-12,15-16H2,1-2H3,(H,26,30). The van der Waals surface area contributed by atoms with E-state index in [9.17, 15) is 4.79 Å². The molecule has 0 radical (unpaired) electrons. The van der Waals surface area contributed by atoms with Gasteiger partial charge >= 0.3 is 0 Å². The Bertz CT molecular complexity index is 987. The SMILES string of the molecule is Cc1ccc(Sc2ccc(N3CCC(C(=O)NC(C)c4ccncc4)CC3)nn2)cc1. The number of anilines is 1. The van der Waals surface area contributed by atoms with Crippen LogP contribution in [0.15, 0.2) is 70.8 Å². The second-order valence-electron chi connectivity index (χ2n) is 7.92. The molecule has 1 aliphatic rings. The van der Waals surface area contributed by atoms with Gasteiger partial charge in [0.05, 0.1) is 6.04 Å². The molecule has 1 aliphatic heterocycles. The molecule has 7 heteroatoms. The van der Waals surface area contributed by atoms with E-state index in [0.717, 1.165) is 47.2 Å². The molecule has 3 aromatic rings. The number of benzene rings is 1. The number of aromatic nitrogens is 3. The Hall–Kier alpha value is -2.93. The van der Waals surface area contributed by atoms with E-state index in [-0.39, 0.29) is 17.9 Å². The number of amides is 1. The van der Waals surface area contributed by atoms with Crippen LogP contribution in [0.2, 0.25) is 0 Å². The van der Waals surface area contributed by atoms with Gasteiger partial charge in [0.15, 0.2) is 5.82 Å². The third-order valence-electron chi connectivity index (χ3n) is 5.62. The molecule has 1 unspecified atom stereocenters. The predicted octanol–water partition coefficient (Wildman–Crippen LogP) is 4.43. The second kappa shape index (κ2) is 9.92. The molecule has 1 saturated heterocycles. The first-order valence-electron chi connectivity index (χ1n) is 10.6. The van der Waals surface area contributed by atoms with Crippen LogP contribution in [-0.2, 0) is 4.79 Å². The van der Waals surface area contributed by atoms with Gasteiger partial charge in [0, 0.05) is 36.3 Å². The Morgan fingerprint density at radius 1 is 1.03 bits per heavy atom. The fraction of sp³-hybridized carbons (Fsp3) is 0.333. The van der Waals surface area contributed by atoms with E-state index < -0.39 is 0 Å². The fourth-order valence-corrected chi connectivity index (χ4v) is 4.43. The van der Waals surface area contributed by atoms with Crippen molar-refractivity contribution in [1.82, 2.24) is 20.5 Å². The van der Waals surface area contributed by atoms with Crippen molar-refractivity contribution in [1.29, 1.82) is 0 Å². The normalized spacial score (nSPS) is 15.5. The zero-order valence-electron chi connectivity index (χ0n) is 17.9. The number of aryl methyl sites for hydroxylation is 1. The summed E-state index contributed by atoms with van der Waals surface area (Å²) in [7, 11) is 0. The molecular formula is C24H27N5OS. The number of piperidine rings is 1. The summed E-state index contributed by atoms with van der Waals surface area (Å²) < 4.78 is 0. The molecule has 0 saturated carbocycles. The van der Waals surface area contributed by atoms with E-state index >= 15 is 0 Å². The van der Waals surface area contributed by atoms with Crippen LogP contribution in [0.25, 0.3) is 0 Å². The van der Waals surface area contributed by atoms with Crippen molar-refractivity contribution < 1.29 is 4.79 Å². The molecule has 0 bridgehead atoms. The van der Waals surface area contributed by atoms with Gasteiger partial charge in [0.1, 0.15) is 5.03 Å². The van der Waals surface area contributed by atoms with Crippen LogP contribution in [0, 0.1) is 12.8 Å². The number of hydrogen-bond acceptors (Lipinski definition) is 6. The topological polar surface area (TPSA) is 71.0 Å². The van der Waals surface area contributed by atoms with Crippen molar-refractivity contribution in [3.63, 3.8) is 0 Å². The quantitative estimate of drug-likeness (QED) is 0.620. The lowest BCUT2D eigenvalue weighted by Crippen LogP contribution is -2.41. The molecule has 3 heterocycles. The Morgan fingerprint density at radius 2 is 1.74 bits per heavy atom. The first kappa shape index (κ1) is 21.3. The average Bonchev–Trinajstić information content (AvgIpc) is 2.82. The maximum atomic E-state index is 12.7. The summed E-state index contributed by atoms with van der Waals surface area (Å²) in [6, 6.07) is 16.3. The molecule has 4 rings (SSSR count). The lowest BCUT2D eigenvalue weighted by atomic mass is 9.95. The Kier molecular flexibility index (Phi) is 6.82. The van der Waals surface area contributed by atoms with E-state index in [1.807, 2.05) is 31.2 Å². The van der Waals surface area contributed by atoms with Crippen LogP contribution in [0.4, 0.5) is 5.82 Å². The molecule has 2 aromatic heterocycles. The van der Waals surface area contributed by atoms with Gasteiger partial charge in [-0.15, -0.1) is 10.2 Å². The number of nitrogens with one attached hydrogen (secondary N) is 1. The zero-order chi connectivity index (χ0) is 21.6. The van der Waals surface area contributed by atoms with E-state index in [0.29, 0.717) is 0 Å². The van der Waals surface area contributed by atoms with Gasteiger partial charge in [0.2, 0.25) is 5.91 Å². The maximum Gasteiger partial charge on any atom is 0.223 e. The van der Waals surface area contributed by atoms with Crippen molar-refractivity contribution in [3.8, 4) is 0 Å². The van der Waals surface area contributed by atoms with Gasteiger partial charge in [-0.2, -0.15) is 0 Å². The predicted molar refractivity (Wildman–Crippen MR) is 123 cm³/mol. The fourth-order valence-electron chi connectivity index (χ4n) is 3.70. The molecular weight excluding hydrogens is 406 g/mol. The highest BCUT2D eigenvalue weighted by Gasteiger charge is 2.26. The molecule has 1 N–H and O–H groups in total. The van der Waals surface area contributed by atoms with Gasteiger partial charge in [-0.3, -0.25) is 9.78 Å². The highest BCUT2D eigenvalue weighted by atomic mass is 32.2. The third-order valence-corrected chi connectivity index (χ3v) is 6.56. The largest absolute Gasteiger partial charge is 0.355 e. The third kappa shape index (κ3) is 5.61. The van der Waals surface area contributed by atoms with Crippen molar-refractivity contribution in [3.05, 3.63) is 72.1 Å². The summed E-state index contributed by atoms with van der Waals surface area (Å²) in [5.41, 5.74) is 2.31. The smallest absolute Gasteiger partial charge is 0.223 e. The number of nitrogens with zero attached hydrogens (tertiary/aromatic N) is 4. The van der Waals surface area contributed by atoms with Gasteiger partial charge in [-0.1, -0.05) is 29.5 Å². The number of carbonyl (C=O) groups is 1. The zero-order valence-corrected chi connectivity index (χ0v) is 18.7. The molecule has 1 aromatic carbocycles. The van der Waals surface area contributed by atoms with Crippen LogP contribution >= 0.6 is 11.8 Å². The highest BCUT2D eigenvalue weighted by molar-refractivity contribution is 7.99. The molecule has 0 aliphatic carbocycles. The van der Waals surface area contributed by atoms with Crippen LogP contribution in [-0.4, -0.2) is 34.2 Å². The summed E-state index contributed by atoms with van der Waals surface area (Å²) in [5, 5.41) is 12.8. The van der Waals surface area contributed by atoms with Crippen LogP contribution in [0.3, 0.4) is 0 Å². The van der Waals surface area contributed by atoms with E-state index in [4.69, 9.17) is 0 Å². The second-order valence-corrected chi connectivity index (χ2v) is 9.01. The van der Waals surface area contributed by atoms with E-state index in [1.54, 1.807) is 24.2 Å². The summed E-state index contributed by atoms with van der Waals surface area (Å²) >= 11 is 1.61. The Balaban J connectivity index is 1.28. The number of carbonyl (C=O) groups excluding carboxylic acids is 1. The molecule has 1 amide bonds. The molecule has 31 heavy (non-hydrogen) atoms. The minimum atomic E-state index is -0.0158. The summed E-state index contributed by atoms with van der Waals surface area (Å²) in [5.74, 6) is 1.03. The van der Waals surface area contributed by atoms with Crippen LogP contribution < -0.4 is 10.2 Å².